The van der Waals surface area contributed by atoms with Crippen LogP contribution < -0.4 is 5.73 Å². The molecule has 2 saturated heterocycles. The highest BCUT2D eigenvalue weighted by atomic mass is 15.1. The predicted octanol–water partition coefficient (Wildman–Crippen LogP) is 1.53. The Morgan fingerprint density at radius 2 is 1.47 bits per heavy atom. The van der Waals surface area contributed by atoms with E-state index in [0.29, 0.717) is 0 Å². The highest BCUT2D eigenvalue weighted by Crippen LogP contribution is 2.21. The van der Waals surface area contributed by atoms with Gasteiger partial charge in [0.1, 0.15) is 0 Å². The highest BCUT2D eigenvalue weighted by Gasteiger charge is 2.19. The lowest BCUT2D eigenvalue weighted by atomic mass is 9.93. The van der Waals surface area contributed by atoms with Crippen LogP contribution in [-0.2, 0) is 0 Å². The van der Waals surface area contributed by atoms with Crippen molar-refractivity contribution in [3.8, 4) is 0 Å². The number of hydrogen-bond acceptors (Lipinski definition) is 3. The van der Waals surface area contributed by atoms with Gasteiger partial charge in [-0.3, -0.25) is 0 Å². The fourth-order valence-electron chi connectivity index (χ4n) is 3.23. The molecular weight excluding hydrogens is 210 g/mol. The van der Waals surface area contributed by atoms with E-state index in [1.54, 1.807) is 0 Å². The van der Waals surface area contributed by atoms with Crippen molar-refractivity contribution in [2.75, 3.05) is 45.8 Å². The van der Waals surface area contributed by atoms with Crippen molar-refractivity contribution >= 4 is 0 Å². The van der Waals surface area contributed by atoms with Crippen LogP contribution in [-0.4, -0.2) is 55.6 Å². The van der Waals surface area contributed by atoms with Gasteiger partial charge in [-0.1, -0.05) is 6.42 Å². The van der Waals surface area contributed by atoms with E-state index in [1.807, 2.05) is 0 Å². The molecule has 0 spiro atoms. The number of hydrogen-bond donors (Lipinski definition) is 1. The van der Waals surface area contributed by atoms with Crippen molar-refractivity contribution in [3.63, 3.8) is 0 Å². The molecule has 3 heteroatoms. The molecule has 0 bridgehead atoms. The van der Waals surface area contributed by atoms with Gasteiger partial charge in [0, 0.05) is 13.1 Å². The second kappa shape index (κ2) is 7.34. The molecule has 0 aromatic heterocycles. The van der Waals surface area contributed by atoms with Gasteiger partial charge in [0.25, 0.3) is 0 Å². The first-order chi connectivity index (χ1) is 8.38. The standard InChI is InChI=1S/C14H29N3/c15-7-13-17-11-5-14(6-12-17)4-10-16-8-2-1-3-9-16/h14H,1-13,15H2. The maximum Gasteiger partial charge on any atom is 0.0105 e. The predicted molar refractivity (Wildman–Crippen MR) is 73.1 cm³/mol. The molecule has 2 rings (SSSR count). The van der Waals surface area contributed by atoms with Gasteiger partial charge < -0.3 is 15.5 Å². The zero-order valence-electron chi connectivity index (χ0n) is 11.2. The molecule has 0 aromatic carbocycles. The van der Waals surface area contributed by atoms with Crippen LogP contribution >= 0.6 is 0 Å². The normalized spacial score (nSPS) is 25.2. The van der Waals surface area contributed by atoms with Gasteiger partial charge in [-0.2, -0.15) is 0 Å². The molecule has 2 heterocycles. The second-order valence-corrected chi connectivity index (χ2v) is 5.76. The number of rotatable bonds is 5. The van der Waals surface area contributed by atoms with Crippen molar-refractivity contribution in [3.05, 3.63) is 0 Å². The van der Waals surface area contributed by atoms with E-state index in [1.165, 1.54) is 71.2 Å². The van der Waals surface area contributed by atoms with Crippen LogP contribution in [0.4, 0.5) is 0 Å². The Kier molecular flexibility index (Phi) is 5.75. The van der Waals surface area contributed by atoms with Crippen molar-refractivity contribution in [1.29, 1.82) is 0 Å². The maximum atomic E-state index is 5.60. The summed E-state index contributed by atoms with van der Waals surface area (Å²) in [5.41, 5.74) is 5.60. The molecule has 3 nitrogen and oxygen atoms in total. The Morgan fingerprint density at radius 3 is 2.12 bits per heavy atom. The van der Waals surface area contributed by atoms with Crippen molar-refractivity contribution in [2.45, 2.75) is 38.5 Å². The molecule has 0 aliphatic carbocycles. The minimum Gasteiger partial charge on any atom is -0.329 e. The summed E-state index contributed by atoms with van der Waals surface area (Å²) in [4.78, 5) is 5.20. The third kappa shape index (κ3) is 4.57. The SMILES string of the molecule is NCCN1CCC(CCN2CCCCC2)CC1. The minimum atomic E-state index is 0.818. The topological polar surface area (TPSA) is 32.5 Å². The van der Waals surface area contributed by atoms with Crippen LogP contribution in [0.5, 0.6) is 0 Å². The first kappa shape index (κ1) is 13.3. The van der Waals surface area contributed by atoms with Crippen molar-refractivity contribution < 1.29 is 0 Å². The van der Waals surface area contributed by atoms with E-state index in [0.717, 1.165) is 19.0 Å². The zero-order chi connectivity index (χ0) is 11.9. The van der Waals surface area contributed by atoms with Crippen LogP contribution in [0.1, 0.15) is 38.5 Å². The molecule has 2 aliphatic rings. The van der Waals surface area contributed by atoms with Gasteiger partial charge in [0.15, 0.2) is 0 Å². The lowest BCUT2D eigenvalue weighted by molar-refractivity contribution is 0.158. The lowest BCUT2D eigenvalue weighted by Crippen LogP contribution is -2.38. The Balaban J connectivity index is 1.57. The van der Waals surface area contributed by atoms with Crippen LogP contribution in [0.15, 0.2) is 0 Å². The fourth-order valence-corrected chi connectivity index (χ4v) is 3.23. The van der Waals surface area contributed by atoms with Gasteiger partial charge in [0.05, 0.1) is 0 Å². The average molecular weight is 239 g/mol. The Labute approximate surface area is 106 Å². The summed E-state index contributed by atoms with van der Waals surface area (Å²) in [6.07, 6.45) is 8.52. The Bertz CT molecular complexity index is 194. The van der Waals surface area contributed by atoms with E-state index in [4.69, 9.17) is 5.73 Å². The first-order valence-electron chi connectivity index (χ1n) is 7.53. The molecule has 0 saturated carbocycles. The number of likely N-dealkylation sites (tertiary alicyclic amines) is 2. The third-order valence-corrected chi connectivity index (χ3v) is 4.45. The van der Waals surface area contributed by atoms with Crippen LogP contribution in [0.25, 0.3) is 0 Å². The molecule has 2 N–H and O–H groups in total. The van der Waals surface area contributed by atoms with E-state index >= 15 is 0 Å². The molecule has 100 valence electrons. The monoisotopic (exact) mass is 239 g/mol. The van der Waals surface area contributed by atoms with Crippen LogP contribution in [0, 0.1) is 5.92 Å². The van der Waals surface area contributed by atoms with Gasteiger partial charge >= 0.3 is 0 Å². The summed E-state index contributed by atoms with van der Waals surface area (Å²) in [5.74, 6) is 0.978. The second-order valence-electron chi connectivity index (χ2n) is 5.76. The minimum absolute atomic E-state index is 0.818. The molecule has 0 amide bonds. The van der Waals surface area contributed by atoms with Gasteiger partial charge in [-0.25, -0.2) is 0 Å². The highest BCUT2D eigenvalue weighted by molar-refractivity contribution is 4.74. The Morgan fingerprint density at radius 1 is 0.824 bits per heavy atom. The fraction of sp³-hybridized carbons (Fsp3) is 1.00. The molecule has 0 atom stereocenters. The smallest absolute Gasteiger partial charge is 0.0105 e. The van der Waals surface area contributed by atoms with Crippen LogP contribution in [0.2, 0.25) is 0 Å². The van der Waals surface area contributed by atoms with Gasteiger partial charge in [-0.05, 0) is 70.7 Å². The summed E-state index contributed by atoms with van der Waals surface area (Å²) in [6, 6.07) is 0. The number of nitrogens with two attached hydrogens (primary N) is 1. The number of piperidine rings is 2. The van der Waals surface area contributed by atoms with E-state index in [2.05, 4.69) is 9.80 Å². The first-order valence-corrected chi connectivity index (χ1v) is 7.53. The van der Waals surface area contributed by atoms with Gasteiger partial charge in [-0.15, -0.1) is 0 Å². The van der Waals surface area contributed by atoms with Gasteiger partial charge in [0.2, 0.25) is 0 Å². The quantitative estimate of drug-likeness (QED) is 0.790. The van der Waals surface area contributed by atoms with E-state index in [-0.39, 0.29) is 0 Å². The van der Waals surface area contributed by atoms with E-state index in [9.17, 15) is 0 Å². The molecule has 0 radical (unpaired) electrons. The van der Waals surface area contributed by atoms with Crippen LogP contribution in [0.3, 0.4) is 0 Å². The molecular formula is C14H29N3. The maximum absolute atomic E-state index is 5.60. The summed E-state index contributed by atoms with van der Waals surface area (Å²) in [5, 5.41) is 0. The summed E-state index contributed by atoms with van der Waals surface area (Å²) >= 11 is 0. The molecule has 2 fully saturated rings. The average Bonchev–Trinajstić information content (AvgIpc) is 2.40. The summed E-state index contributed by atoms with van der Waals surface area (Å²) in [6.45, 7) is 8.53. The molecule has 2 aliphatic heterocycles. The van der Waals surface area contributed by atoms with E-state index < -0.39 is 0 Å². The Hall–Kier alpha value is -0.120. The molecule has 0 unspecified atom stereocenters. The molecule has 17 heavy (non-hydrogen) atoms. The van der Waals surface area contributed by atoms with Crippen molar-refractivity contribution in [1.82, 2.24) is 9.80 Å². The lowest BCUT2D eigenvalue weighted by Gasteiger charge is -2.33. The molecule has 0 aromatic rings. The number of nitrogens with zero attached hydrogens (tertiary/aromatic N) is 2. The zero-order valence-corrected chi connectivity index (χ0v) is 11.2. The van der Waals surface area contributed by atoms with Crippen molar-refractivity contribution in [2.24, 2.45) is 11.7 Å². The summed E-state index contributed by atoms with van der Waals surface area (Å²) < 4.78 is 0. The largest absolute Gasteiger partial charge is 0.329 e. The summed E-state index contributed by atoms with van der Waals surface area (Å²) in [7, 11) is 0. The third-order valence-electron chi connectivity index (χ3n) is 4.45.